The summed E-state index contributed by atoms with van der Waals surface area (Å²) in [5.41, 5.74) is 0. The summed E-state index contributed by atoms with van der Waals surface area (Å²) in [6.45, 7) is 0.771. The number of carbonyl (C=O) groups excluding carboxylic acids is 1. The Morgan fingerprint density at radius 3 is 1.88 bits per heavy atom. The molecule has 0 saturated carbocycles. The second kappa shape index (κ2) is 3.20. The number of rotatable bonds is 0. The number of hydrogen-bond acceptors (Lipinski definition) is 4. The van der Waals surface area contributed by atoms with E-state index in [1.54, 1.807) is 0 Å². The molecule has 8 heavy (non-hydrogen) atoms. The minimum atomic E-state index is -2.83. The maximum Gasteiger partial charge on any atom is 1.00 e. The molecule has 0 heterocycles. The van der Waals surface area contributed by atoms with Crippen molar-refractivity contribution in [2.75, 3.05) is 0 Å². The number of hydroxylamine groups is 3. The van der Waals surface area contributed by atoms with Crippen molar-refractivity contribution in [2.45, 2.75) is 6.92 Å². The molecule has 6 heteroatoms. The van der Waals surface area contributed by atoms with Gasteiger partial charge in [-0.1, -0.05) is 0 Å². The van der Waals surface area contributed by atoms with E-state index in [4.69, 9.17) is 10.4 Å². The Kier molecular flexibility index (Phi) is 4.39. The van der Waals surface area contributed by atoms with Gasteiger partial charge in [0.15, 0.2) is 0 Å². The van der Waals surface area contributed by atoms with Gasteiger partial charge in [0.2, 0.25) is 0 Å². The van der Waals surface area contributed by atoms with Crippen LogP contribution in [0.25, 0.3) is 0 Å². The first-order valence-electron chi connectivity index (χ1n) is 1.51. The molecule has 0 aliphatic carbocycles. The molecule has 5 nitrogen and oxygen atoms in total. The van der Waals surface area contributed by atoms with Crippen LogP contribution in [0.1, 0.15) is 8.35 Å². The second-order valence-electron chi connectivity index (χ2n) is 1.06. The van der Waals surface area contributed by atoms with Crippen LogP contribution in [-0.4, -0.2) is 21.3 Å². The zero-order chi connectivity index (χ0) is 6.08. The van der Waals surface area contributed by atoms with Crippen LogP contribution in [0.4, 0.5) is 0 Å². The average Bonchev–Trinajstić information content (AvgIpc) is 1.31. The van der Waals surface area contributed by atoms with Crippen LogP contribution in [0.2, 0.25) is 0 Å². The number of amides is 1. The maximum absolute atomic E-state index is 9.62. The van der Waals surface area contributed by atoms with E-state index in [-0.39, 0.29) is 20.3 Å². The minimum Gasteiger partial charge on any atom is -1.00 e. The van der Waals surface area contributed by atoms with E-state index in [1.165, 1.54) is 0 Å². The van der Waals surface area contributed by atoms with Gasteiger partial charge in [-0.25, -0.2) is 4.79 Å². The molecule has 0 bridgehead atoms. The minimum absolute atomic E-state index is 0. The smallest absolute Gasteiger partial charge is 1.00 e. The first kappa shape index (κ1) is 11.0. The van der Waals surface area contributed by atoms with Crippen molar-refractivity contribution in [1.29, 1.82) is 0 Å². The largest absolute Gasteiger partial charge is 1.00 e. The summed E-state index contributed by atoms with van der Waals surface area (Å²) >= 11 is 0. The average molecular weight is 115 g/mol. The van der Waals surface area contributed by atoms with Crippen LogP contribution in [-0.2, 0) is 4.79 Å². The molecular formula is C2H6LiNO4. The van der Waals surface area contributed by atoms with Crippen molar-refractivity contribution in [1.82, 2.24) is 0 Å². The zero-order valence-electron chi connectivity index (χ0n) is 5.66. The molecule has 0 unspecified atom stereocenters. The van der Waals surface area contributed by atoms with Crippen LogP contribution in [0.3, 0.4) is 0 Å². The van der Waals surface area contributed by atoms with Crippen LogP contribution >= 0.6 is 0 Å². The molecule has 0 rings (SSSR count). The Bertz CT molecular complexity index is 91.1. The second-order valence-corrected chi connectivity index (χ2v) is 1.06. The molecule has 0 aromatic rings. The predicted molar refractivity (Wildman–Crippen MR) is 19.0 cm³/mol. The van der Waals surface area contributed by atoms with Crippen molar-refractivity contribution in [3.05, 3.63) is 5.21 Å². The van der Waals surface area contributed by atoms with Gasteiger partial charge in [0, 0.05) is 0 Å². The van der Waals surface area contributed by atoms with Crippen molar-refractivity contribution < 1.29 is 40.5 Å². The van der Waals surface area contributed by atoms with Gasteiger partial charge < -0.3 is 6.63 Å². The molecule has 0 saturated heterocycles. The molecule has 44 valence electrons. The standard InChI is InChI=1S/C2H5NO4.Li.H/c1-2(4)3(5,6)7;;/h5-6H,1H3;;/q;+1;-1. The van der Waals surface area contributed by atoms with Gasteiger partial charge in [0.25, 0.3) is 0 Å². The summed E-state index contributed by atoms with van der Waals surface area (Å²) in [5, 5.41) is 24.9. The summed E-state index contributed by atoms with van der Waals surface area (Å²) in [7, 11) is 0. The van der Waals surface area contributed by atoms with Crippen molar-refractivity contribution in [3.63, 3.8) is 0 Å². The van der Waals surface area contributed by atoms with E-state index in [1.807, 2.05) is 0 Å². The van der Waals surface area contributed by atoms with E-state index in [0.717, 1.165) is 6.92 Å². The van der Waals surface area contributed by atoms with Gasteiger partial charge in [-0.3, -0.25) is 0 Å². The Morgan fingerprint density at radius 1 is 1.75 bits per heavy atom. The summed E-state index contributed by atoms with van der Waals surface area (Å²) in [6.07, 6.45) is 0. The fourth-order valence-corrected chi connectivity index (χ4v) is 0. The fourth-order valence-electron chi connectivity index (χ4n) is 0. The molecule has 0 aromatic carbocycles. The number of nitrogens with zero attached hydrogens (tertiary/aromatic N) is 1. The van der Waals surface area contributed by atoms with E-state index >= 15 is 0 Å². The maximum atomic E-state index is 9.62. The Hall–Kier alpha value is 0.107. The molecular weight excluding hydrogens is 109 g/mol. The molecule has 0 fully saturated rings. The van der Waals surface area contributed by atoms with Gasteiger partial charge in [-0.05, 0) is 4.97 Å². The van der Waals surface area contributed by atoms with E-state index in [9.17, 15) is 10.0 Å². The first-order chi connectivity index (χ1) is 2.94. The van der Waals surface area contributed by atoms with E-state index in [0.29, 0.717) is 0 Å². The van der Waals surface area contributed by atoms with Crippen LogP contribution in [0.5, 0.6) is 0 Å². The van der Waals surface area contributed by atoms with E-state index in [2.05, 4.69) is 0 Å². The van der Waals surface area contributed by atoms with Crippen molar-refractivity contribution in [3.8, 4) is 0 Å². The third-order valence-electron chi connectivity index (χ3n) is 0.410. The molecule has 0 aliphatic rings. The van der Waals surface area contributed by atoms with Crippen molar-refractivity contribution in [2.24, 2.45) is 0 Å². The summed E-state index contributed by atoms with van der Waals surface area (Å²) in [5.74, 6) is -1.26. The molecule has 0 spiro atoms. The van der Waals surface area contributed by atoms with Gasteiger partial charge in [0.1, 0.15) is 0 Å². The molecule has 0 atom stereocenters. The van der Waals surface area contributed by atoms with Crippen LogP contribution in [0, 0.1) is 5.21 Å². The summed E-state index contributed by atoms with van der Waals surface area (Å²) in [4.78, 5) is 6.79. The van der Waals surface area contributed by atoms with Gasteiger partial charge >= 0.3 is 24.8 Å². The molecule has 2 N–H and O–H groups in total. The Labute approximate surface area is 59.3 Å². The van der Waals surface area contributed by atoms with Gasteiger partial charge in [-0.2, -0.15) is 10.4 Å². The van der Waals surface area contributed by atoms with Crippen LogP contribution < -0.4 is 18.9 Å². The number of carbonyl (C=O) groups is 1. The first-order valence-corrected chi connectivity index (χ1v) is 1.51. The summed E-state index contributed by atoms with van der Waals surface area (Å²) in [6, 6.07) is 0. The third kappa shape index (κ3) is 4.27. The monoisotopic (exact) mass is 115 g/mol. The molecule has 0 aromatic heterocycles. The molecule has 0 aliphatic heterocycles. The quantitative estimate of drug-likeness (QED) is 0.150. The Balaban J connectivity index is -0.000000180. The number of hydrogen-bond donors (Lipinski definition) is 2. The Morgan fingerprint density at radius 2 is 1.88 bits per heavy atom. The SMILES string of the molecule is CC(=O)[N+]([O-])(O)O.[H-].[Li+]. The predicted octanol–water partition coefficient (Wildman–Crippen LogP) is -3.26. The van der Waals surface area contributed by atoms with E-state index < -0.39 is 10.9 Å². The number of quaternary nitrogens is 1. The van der Waals surface area contributed by atoms with Gasteiger partial charge in [-0.15, -0.1) is 0 Å². The molecule has 0 radical (unpaired) electrons. The molecule has 1 amide bonds. The summed E-state index contributed by atoms with van der Waals surface area (Å²) < 4.78 is 0. The zero-order valence-corrected chi connectivity index (χ0v) is 4.66. The van der Waals surface area contributed by atoms with Crippen molar-refractivity contribution >= 4 is 5.91 Å². The third-order valence-corrected chi connectivity index (χ3v) is 0.410. The fraction of sp³-hybridized carbons (Fsp3) is 0.500. The normalized spacial score (nSPS) is 10.0. The van der Waals surface area contributed by atoms with Gasteiger partial charge in [0.05, 0.1) is 6.92 Å². The van der Waals surface area contributed by atoms with Crippen LogP contribution in [0.15, 0.2) is 0 Å². The topological polar surface area (TPSA) is 80.6 Å².